The summed E-state index contributed by atoms with van der Waals surface area (Å²) in [5.41, 5.74) is 0.987. The molecule has 0 saturated heterocycles. The van der Waals surface area contributed by atoms with Crippen LogP contribution in [0.15, 0.2) is 10.7 Å². The van der Waals surface area contributed by atoms with Crippen molar-refractivity contribution in [3.05, 3.63) is 20.2 Å². The van der Waals surface area contributed by atoms with E-state index in [2.05, 4.69) is 48.5 Å². The number of hydrogen-bond donors (Lipinski definition) is 0. The van der Waals surface area contributed by atoms with Gasteiger partial charge in [-0.05, 0) is 28.9 Å². The van der Waals surface area contributed by atoms with Crippen LogP contribution < -0.4 is 0 Å². The van der Waals surface area contributed by atoms with Gasteiger partial charge in [0.25, 0.3) is 0 Å². The molecule has 0 fully saturated rings. The maximum absolute atomic E-state index is 4.08. The Bertz CT molecular complexity index is 176. The van der Waals surface area contributed by atoms with Gasteiger partial charge in [-0.2, -0.15) is 0 Å². The minimum atomic E-state index is 0.777. The van der Waals surface area contributed by atoms with E-state index in [1.165, 1.54) is 0 Å². The minimum Gasteiger partial charge on any atom is -0.228 e. The number of aromatic nitrogens is 2. The molecule has 9 heavy (non-hydrogen) atoms. The number of hydrogen-bond acceptors (Lipinski definition) is 2. The average molecular weight is 299 g/mol. The summed E-state index contributed by atoms with van der Waals surface area (Å²) in [7, 11) is 0. The summed E-state index contributed by atoms with van der Waals surface area (Å²) in [4.78, 5) is 8.11. The Hall–Kier alpha value is 0.290. The molecule has 1 aromatic heterocycles. The lowest BCUT2D eigenvalue weighted by molar-refractivity contribution is 1.03. The molecule has 4 heteroatoms. The van der Waals surface area contributed by atoms with Crippen molar-refractivity contribution >= 4 is 38.5 Å². The van der Waals surface area contributed by atoms with Crippen LogP contribution in [0.1, 0.15) is 5.69 Å². The third-order valence-electron chi connectivity index (χ3n) is 0.796. The summed E-state index contributed by atoms with van der Waals surface area (Å²) in [5.74, 6) is 0. The van der Waals surface area contributed by atoms with Gasteiger partial charge in [0.05, 0.1) is 0 Å². The van der Waals surface area contributed by atoms with E-state index in [-0.39, 0.29) is 0 Å². The maximum Gasteiger partial charge on any atom is 0.192 e. The number of halogens is 2. The second-order valence-electron chi connectivity index (χ2n) is 1.60. The molecule has 0 aliphatic rings. The van der Waals surface area contributed by atoms with Gasteiger partial charge in [-0.15, -0.1) is 0 Å². The van der Waals surface area contributed by atoms with Gasteiger partial charge in [0.1, 0.15) is 4.60 Å². The SMILES string of the molecule is Cc1cc(Br)nc(I)n1. The van der Waals surface area contributed by atoms with Gasteiger partial charge in [-0.25, -0.2) is 9.97 Å². The van der Waals surface area contributed by atoms with Gasteiger partial charge >= 0.3 is 0 Å². The molecule has 2 nitrogen and oxygen atoms in total. The van der Waals surface area contributed by atoms with E-state index >= 15 is 0 Å². The Labute approximate surface area is 75.4 Å². The molecule has 0 bridgehead atoms. The van der Waals surface area contributed by atoms with Crippen molar-refractivity contribution in [2.75, 3.05) is 0 Å². The summed E-state index contributed by atoms with van der Waals surface area (Å²) in [6, 6.07) is 1.88. The molecule has 0 N–H and O–H groups in total. The zero-order valence-electron chi connectivity index (χ0n) is 4.73. The maximum atomic E-state index is 4.08. The summed E-state index contributed by atoms with van der Waals surface area (Å²) < 4.78 is 1.62. The van der Waals surface area contributed by atoms with Gasteiger partial charge in [0.2, 0.25) is 0 Å². The van der Waals surface area contributed by atoms with E-state index in [0.717, 1.165) is 14.1 Å². The lowest BCUT2D eigenvalue weighted by atomic mass is 10.5. The van der Waals surface area contributed by atoms with E-state index in [4.69, 9.17) is 0 Å². The molecule has 0 aromatic carbocycles. The van der Waals surface area contributed by atoms with Crippen molar-refractivity contribution in [1.29, 1.82) is 0 Å². The summed E-state index contributed by atoms with van der Waals surface area (Å²) in [5, 5.41) is 0. The Morgan fingerprint density at radius 1 is 1.56 bits per heavy atom. The molecule has 1 rings (SSSR count). The zero-order chi connectivity index (χ0) is 6.85. The van der Waals surface area contributed by atoms with Crippen LogP contribution in [0.4, 0.5) is 0 Å². The molecule has 0 aliphatic heterocycles. The van der Waals surface area contributed by atoms with Crippen LogP contribution in [0.25, 0.3) is 0 Å². The highest BCUT2D eigenvalue weighted by Gasteiger charge is 1.93. The van der Waals surface area contributed by atoms with Crippen molar-refractivity contribution in [2.24, 2.45) is 0 Å². The van der Waals surface area contributed by atoms with E-state index < -0.39 is 0 Å². The zero-order valence-corrected chi connectivity index (χ0v) is 8.47. The van der Waals surface area contributed by atoms with E-state index in [1.54, 1.807) is 0 Å². The van der Waals surface area contributed by atoms with Crippen molar-refractivity contribution in [3.63, 3.8) is 0 Å². The van der Waals surface area contributed by atoms with Crippen LogP contribution in [0.2, 0.25) is 0 Å². The van der Waals surface area contributed by atoms with Crippen LogP contribution >= 0.6 is 38.5 Å². The minimum absolute atomic E-state index is 0.777. The standard InChI is InChI=1S/C5H4BrIN2/c1-3-2-4(6)9-5(7)8-3/h2H,1H3. The third-order valence-corrected chi connectivity index (χ3v) is 1.68. The predicted octanol–water partition coefficient (Wildman–Crippen LogP) is 2.15. The predicted molar refractivity (Wildman–Crippen MR) is 47.2 cm³/mol. The number of rotatable bonds is 0. The normalized spacial score (nSPS) is 9.67. The Morgan fingerprint density at radius 2 is 2.22 bits per heavy atom. The molecule has 0 atom stereocenters. The van der Waals surface area contributed by atoms with Crippen molar-refractivity contribution in [3.8, 4) is 0 Å². The molecule has 48 valence electrons. The first kappa shape index (κ1) is 7.40. The van der Waals surface area contributed by atoms with Crippen molar-refractivity contribution < 1.29 is 0 Å². The molecule has 0 saturated carbocycles. The first-order valence-electron chi connectivity index (χ1n) is 2.35. The fourth-order valence-electron chi connectivity index (χ4n) is 0.496. The molecule has 0 spiro atoms. The van der Waals surface area contributed by atoms with Crippen LogP contribution in [0, 0.1) is 10.8 Å². The lowest BCUT2D eigenvalue weighted by Gasteiger charge is -1.92. The van der Waals surface area contributed by atoms with Crippen molar-refractivity contribution in [1.82, 2.24) is 9.97 Å². The highest BCUT2D eigenvalue weighted by molar-refractivity contribution is 14.1. The fourth-order valence-corrected chi connectivity index (χ4v) is 1.97. The van der Waals surface area contributed by atoms with Gasteiger partial charge in [-0.1, -0.05) is 0 Å². The van der Waals surface area contributed by atoms with E-state index in [1.807, 2.05) is 13.0 Å². The van der Waals surface area contributed by atoms with Gasteiger partial charge in [0.15, 0.2) is 3.83 Å². The molecular weight excluding hydrogens is 295 g/mol. The quantitative estimate of drug-likeness (QED) is 0.417. The summed E-state index contributed by atoms with van der Waals surface area (Å²) in [6.45, 7) is 1.94. The molecule has 0 radical (unpaired) electrons. The fraction of sp³-hybridized carbons (Fsp3) is 0.200. The Balaban J connectivity index is 3.17. The molecule has 1 heterocycles. The summed E-state index contributed by atoms with van der Waals surface area (Å²) >= 11 is 5.34. The summed E-state index contributed by atoms with van der Waals surface area (Å²) in [6.07, 6.45) is 0. The molecule has 0 unspecified atom stereocenters. The van der Waals surface area contributed by atoms with Gasteiger partial charge in [-0.3, -0.25) is 0 Å². The molecule has 0 amide bonds. The van der Waals surface area contributed by atoms with Crippen LogP contribution in [-0.4, -0.2) is 9.97 Å². The Kier molecular flexibility index (Phi) is 2.40. The smallest absolute Gasteiger partial charge is 0.192 e. The third kappa shape index (κ3) is 2.17. The Morgan fingerprint density at radius 3 is 2.67 bits per heavy atom. The van der Waals surface area contributed by atoms with Gasteiger partial charge < -0.3 is 0 Å². The average Bonchev–Trinajstić information content (AvgIpc) is 1.59. The second-order valence-corrected chi connectivity index (χ2v) is 3.38. The monoisotopic (exact) mass is 298 g/mol. The van der Waals surface area contributed by atoms with Gasteiger partial charge in [0, 0.05) is 28.3 Å². The first-order valence-corrected chi connectivity index (χ1v) is 4.22. The topological polar surface area (TPSA) is 25.8 Å². The van der Waals surface area contributed by atoms with E-state index in [9.17, 15) is 0 Å². The highest BCUT2D eigenvalue weighted by Crippen LogP contribution is 2.08. The largest absolute Gasteiger partial charge is 0.228 e. The number of nitrogens with zero attached hydrogens (tertiary/aromatic N) is 2. The van der Waals surface area contributed by atoms with Crippen molar-refractivity contribution in [2.45, 2.75) is 6.92 Å². The van der Waals surface area contributed by atoms with Crippen LogP contribution in [-0.2, 0) is 0 Å². The second kappa shape index (κ2) is 2.92. The van der Waals surface area contributed by atoms with Crippen LogP contribution in [0.3, 0.4) is 0 Å². The molecule has 1 aromatic rings. The van der Waals surface area contributed by atoms with E-state index in [0.29, 0.717) is 0 Å². The molecular formula is C5H4BrIN2. The number of aryl methyl sites for hydroxylation is 1. The molecule has 0 aliphatic carbocycles. The highest BCUT2D eigenvalue weighted by atomic mass is 127. The lowest BCUT2D eigenvalue weighted by Crippen LogP contribution is -1.89. The van der Waals surface area contributed by atoms with Crippen LogP contribution in [0.5, 0.6) is 0 Å². The first-order chi connectivity index (χ1) is 4.18.